The van der Waals surface area contributed by atoms with Gasteiger partial charge in [-0.1, -0.05) is 6.07 Å². The molecule has 1 aromatic heterocycles. The lowest BCUT2D eigenvalue weighted by Crippen LogP contribution is -2.45. The van der Waals surface area contributed by atoms with E-state index in [9.17, 15) is 26.7 Å². The minimum Gasteiger partial charge on any atom is -0.483 e. The maximum absolute atomic E-state index is 14.7. The summed E-state index contributed by atoms with van der Waals surface area (Å²) in [6.07, 6.45) is 0.659. The molecule has 184 valence electrons. The van der Waals surface area contributed by atoms with Crippen molar-refractivity contribution < 1.29 is 46.1 Å². The molecule has 2 heterocycles. The lowest BCUT2D eigenvalue weighted by molar-refractivity contribution is -0.122. The Morgan fingerprint density at radius 1 is 1.32 bits per heavy atom. The monoisotopic (exact) mass is 489 g/mol. The zero-order valence-electron chi connectivity index (χ0n) is 17.7. The number of alkyl halides is 4. The molecule has 1 aliphatic rings. The molecule has 0 saturated heterocycles. The second-order valence-corrected chi connectivity index (χ2v) is 7.15. The van der Waals surface area contributed by atoms with E-state index in [-0.39, 0.29) is 42.3 Å². The molecule has 8 nitrogen and oxygen atoms in total. The van der Waals surface area contributed by atoms with Crippen LogP contribution < -0.4 is 10.5 Å². The zero-order chi connectivity index (χ0) is 25.5. The highest BCUT2D eigenvalue weighted by molar-refractivity contribution is 5.95. The lowest BCUT2D eigenvalue weighted by Gasteiger charge is -2.33. The SMILES string of the molecule is C[C@]1(c2cc(CC(=O)c3ccc(OC(F)F)cn3)ccc2F)N=C(N)COCC1(F)F.O=CO. The van der Waals surface area contributed by atoms with E-state index in [0.29, 0.717) is 0 Å². The molecule has 0 fully saturated rings. The van der Waals surface area contributed by atoms with E-state index in [1.165, 1.54) is 12.1 Å². The second-order valence-electron chi connectivity index (χ2n) is 7.15. The van der Waals surface area contributed by atoms with Gasteiger partial charge in [-0.15, -0.1) is 0 Å². The summed E-state index contributed by atoms with van der Waals surface area (Å²) in [5, 5.41) is 6.89. The number of ketones is 1. The van der Waals surface area contributed by atoms with Crippen LogP contribution in [0.4, 0.5) is 22.0 Å². The number of halogens is 5. The quantitative estimate of drug-likeness (QED) is 0.363. The van der Waals surface area contributed by atoms with Gasteiger partial charge in [-0.05, 0) is 36.8 Å². The molecule has 0 unspecified atom stereocenters. The van der Waals surface area contributed by atoms with Gasteiger partial charge in [0.15, 0.2) is 11.3 Å². The van der Waals surface area contributed by atoms with E-state index in [1.807, 2.05) is 0 Å². The van der Waals surface area contributed by atoms with E-state index >= 15 is 0 Å². The zero-order valence-corrected chi connectivity index (χ0v) is 17.7. The molecular formula is C21H20F5N3O5. The highest BCUT2D eigenvalue weighted by Crippen LogP contribution is 2.43. The number of carbonyl (C=O) groups excluding carboxylic acids is 1. The standard InChI is InChI=1S/C20H18F5N3O3.CH2O2/c1-19(20(24,25)10-30-9-17(26)28-19)13-6-11(2-4-14(13)21)7-16(29)15-5-3-12(8-27-15)31-18(22)23;2-1-3/h2-6,8,18H,7,9-10H2,1H3,(H2,26,28);1H,(H,2,3)/t19-;/m1./s1. The topological polar surface area (TPSA) is 124 Å². The first kappa shape index (κ1) is 26.6. The van der Waals surface area contributed by atoms with Crippen LogP contribution in [0.15, 0.2) is 41.5 Å². The van der Waals surface area contributed by atoms with Crippen LogP contribution in [0.3, 0.4) is 0 Å². The summed E-state index contributed by atoms with van der Waals surface area (Å²) in [6.45, 7) is -3.57. The van der Waals surface area contributed by atoms with Crippen molar-refractivity contribution in [1.29, 1.82) is 0 Å². The first-order chi connectivity index (χ1) is 15.9. The van der Waals surface area contributed by atoms with Gasteiger partial charge in [-0.3, -0.25) is 14.6 Å². The second kappa shape index (κ2) is 11.0. The molecule has 1 aliphatic heterocycles. The number of rotatable bonds is 6. The van der Waals surface area contributed by atoms with Crippen LogP contribution in [-0.2, 0) is 21.5 Å². The van der Waals surface area contributed by atoms with Crippen molar-refractivity contribution >= 4 is 18.1 Å². The fourth-order valence-corrected chi connectivity index (χ4v) is 3.13. The molecule has 0 radical (unpaired) electrons. The summed E-state index contributed by atoms with van der Waals surface area (Å²) < 4.78 is 77.4. The fraction of sp³-hybridized carbons (Fsp3) is 0.333. The molecule has 0 bridgehead atoms. The normalized spacial score (nSPS) is 19.3. The molecule has 3 rings (SSSR count). The first-order valence-corrected chi connectivity index (χ1v) is 9.54. The van der Waals surface area contributed by atoms with Gasteiger partial charge in [0.25, 0.3) is 12.4 Å². The number of benzene rings is 1. The van der Waals surface area contributed by atoms with Gasteiger partial charge in [0.2, 0.25) is 0 Å². The number of pyridine rings is 1. The Hall–Kier alpha value is -3.61. The summed E-state index contributed by atoms with van der Waals surface area (Å²) in [5.41, 5.74) is 2.99. The fourth-order valence-electron chi connectivity index (χ4n) is 3.13. The molecule has 2 aromatic rings. The number of carboxylic acid groups (broad SMARTS) is 1. The predicted octanol–water partition coefficient (Wildman–Crippen LogP) is 3.19. The Balaban J connectivity index is 0.00000129. The molecule has 13 heteroatoms. The van der Waals surface area contributed by atoms with E-state index < -0.39 is 41.8 Å². The van der Waals surface area contributed by atoms with Crippen LogP contribution in [0.5, 0.6) is 5.75 Å². The van der Waals surface area contributed by atoms with Gasteiger partial charge >= 0.3 is 6.61 Å². The third kappa shape index (κ3) is 6.25. The number of nitrogens with zero attached hydrogens (tertiary/aromatic N) is 2. The van der Waals surface area contributed by atoms with Gasteiger partial charge in [0, 0.05) is 12.0 Å². The summed E-state index contributed by atoms with van der Waals surface area (Å²) in [4.78, 5) is 28.4. The number of carbonyl (C=O) groups is 2. The highest BCUT2D eigenvalue weighted by Gasteiger charge is 2.54. The molecule has 0 spiro atoms. The largest absolute Gasteiger partial charge is 0.483 e. The minimum atomic E-state index is -3.57. The molecule has 0 aliphatic carbocycles. The third-order valence-corrected chi connectivity index (χ3v) is 4.78. The number of aliphatic imine (C=N–C) groups is 1. The number of hydrogen-bond donors (Lipinski definition) is 2. The van der Waals surface area contributed by atoms with Crippen molar-refractivity contribution in [1.82, 2.24) is 4.98 Å². The van der Waals surface area contributed by atoms with Crippen LogP contribution in [-0.4, -0.2) is 53.9 Å². The summed E-state index contributed by atoms with van der Waals surface area (Å²) in [7, 11) is 0. The number of ether oxygens (including phenoxy) is 2. The van der Waals surface area contributed by atoms with E-state index in [0.717, 1.165) is 31.3 Å². The average molecular weight is 489 g/mol. The Morgan fingerprint density at radius 2 is 2.00 bits per heavy atom. The van der Waals surface area contributed by atoms with E-state index in [2.05, 4.69) is 14.7 Å². The van der Waals surface area contributed by atoms with Crippen molar-refractivity contribution in [2.45, 2.75) is 31.4 Å². The lowest BCUT2D eigenvalue weighted by atomic mass is 9.84. The molecule has 1 aromatic carbocycles. The Labute approximate surface area is 190 Å². The number of Topliss-reactive ketones (excluding diaryl/α,β-unsaturated/α-hetero) is 1. The van der Waals surface area contributed by atoms with Gasteiger partial charge in [0.05, 0.1) is 6.20 Å². The van der Waals surface area contributed by atoms with Crippen LogP contribution in [0, 0.1) is 5.82 Å². The van der Waals surface area contributed by atoms with Gasteiger partial charge in [-0.2, -0.15) is 8.78 Å². The van der Waals surface area contributed by atoms with Crippen molar-refractivity contribution in [2.24, 2.45) is 10.7 Å². The van der Waals surface area contributed by atoms with Crippen molar-refractivity contribution in [3.05, 3.63) is 59.2 Å². The molecule has 3 N–H and O–H groups in total. The van der Waals surface area contributed by atoms with Gasteiger partial charge in [0.1, 0.15) is 36.3 Å². The number of hydrogen-bond acceptors (Lipinski definition) is 7. The van der Waals surface area contributed by atoms with Gasteiger partial charge in [-0.25, -0.2) is 18.2 Å². The number of amidine groups is 1. The molecule has 0 saturated carbocycles. The van der Waals surface area contributed by atoms with Crippen LogP contribution >= 0.6 is 0 Å². The molecular weight excluding hydrogens is 469 g/mol. The predicted molar refractivity (Wildman–Crippen MR) is 109 cm³/mol. The van der Waals surface area contributed by atoms with Crippen LogP contribution in [0.1, 0.15) is 28.5 Å². The summed E-state index contributed by atoms with van der Waals surface area (Å²) in [6, 6.07) is 5.69. The summed E-state index contributed by atoms with van der Waals surface area (Å²) >= 11 is 0. The molecule has 34 heavy (non-hydrogen) atoms. The van der Waals surface area contributed by atoms with E-state index in [1.54, 1.807) is 0 Å². The third-order valence-electron chi connectivity index (χ3n) is 4.78. The number of aromatic nitrogens is 1. The highest BCUT2D eigenvalue weighted by atomic mass is 19.3. The first-order valence-electron chi connectivity index (χ1n) is 9.54. The maximum Gasteiger partial charge on any atom is 0.387 e. The van der Waals surface area contributed by atoms with Crippen molar-refractivity contribution in [3.63, 3.8) is 0 Å². The average Bonchev–Trinajstić information content (AvgIpc) is 2.85. The van der Waals surface area contributed by atoms with E-state index in [4.69, 9.17) is 20.4 Å². The number of nitrogens with two attached hydrogens (primary N) is 1. The van der Waals surface area contributed by atoms with Crippen molar-refractivity contribution in [2.75, 3.05) is 13.2 Å². The Kier molecular flexibility index (Phi) is 8.62. The van der Waals surface area contributed by atoms with Crippen LogP contribution in [0.25, 0.3) is 0 Å². The Morgan fingerprint density at radius 3 is 2.59 bits per heavy atom. The smallest absolute Gasteiger partial charge is 0.387 e. The molecule has 0 amide bonds. The summed E-state index contributed by atoms with van der Waals surface area (Å²) in [5.74, 6) is -5.49. The van der Waals surface area contributed by atoms with Crippen LogP contribution in [0.2, 0.25) is 0 Å². The minimum absolute atomic E-state index is 0.0610. The van der Waals surface area contributed by atoms with Gasteiger partial charge < -0.3 is 20.3 Å². The van der Waals surface area contributed by atoms with Crippen molar-refractivity contribution in [3.8, 4) is 5.75 Å². The molecule has 1 atom stereocenters. The Bertz CT molecular complexity index is 1050. The maximum atomic E-state index is 14.7.